The first-order chi connectivity index (χ1) is 15.5. The standard InChI is InChI=1S/C22H26N6O4.ClH/c29-10-14-6-16(20(32)19(14)31)28-12-25-18-21(23-11-24-22(18)28)26-15-7-17(30)27(9-15)8-13-4-2-1-3-5-13;/h1-5,11-12,14-16,19-20,29,31-32H,6-10H2,(H,23,24,26);1H/t14?,15-,16?,19?,20?;/m1./s1. The highest BCUT2D eigenvalue weighted by atomic mass is 35.5. The summed E-state index contributed by atoms with van der Waals surface area (Å²) in [6.07, 6.45) is 1.76. The molecule has 3 heterocycles. The Kier molecular flexibility index (Phi) is 6.80. The lowest BCUT2D eigenvalue weighted by Gasteiger charge is -2.19. The van der Waals surface area contributed by atoms with E-state index in [-0.39, 0.29) is 31.0 Å². The third-order valence-electron chi connectivity index (χ3n) is 6.49. The van der Waals surface area contributed by atoms with Gasteiger partial charge in [-0.05, 0) is 12.0 Å². The maximum atomic E-state index is 12.5. The first-order valence-electron chi connectivity index (χ1n) is 10.8. The Labute approximate surface area is 196 Å². The maximum Gasteiger partial charge on any atom is 0.225 e. The van der Waals surface area contributed by atoms with E-state index in [0.717, 1.165) is 5.56 Å². The van der Waals surface area contributed by atoms with Crippen LogP contribution < -0.4 is 5.32 Å². The Morgan fingerprint density at radius 3 is 2.61 bits per heavy atom. The number of nitrogens with zero attached hydrogens (tertiary/aromatic N) is 5. The van der Waals surface area contributed by atoms with Crippen molar-refractivity contribution in [1.29, 1.82) is 0 Å². The van der Waals surface area contributed by atoms with E-state index in [4.69, 9.17) is 0 Å². The smallest absolute Gasteiger partial charge is 0.225 e. The van der Waals surface area contributed by atoms with Crippen molar-refractivity contribution in [2.75, 3.05) is 18.5 Å². The minimum absolute atomic E-state index is 0. The van der Waals surface area contributed by atoms with Crippen LogP contribution in [-0.2, 0) is 11.3 Å². The van der Waals surface area contributed by atoms with Crippen molar-refractivity contribution in [2.24, 2.45) is 5.92 Å². The van der Waals surface area contributed by atoms with Gasteiger partial charge in [-0.25, -0.2) is 15.0 Å². The van der Waals surface area contributed by atoms with Gasteiger partial charge in [0, 0.05) is 32.0 Å². The van der Waals surface area contributed by atoms with Crippen LogP contribution in [0.25, 0.3) is 11.2 Å². The van der Waals surface area contributed by atoms with Crippen molar-refractivity contribution >= 4 is 35.3 Å². The lowest BCUT2D eigenvalue weighted by atomic mass is 10.1. The number of likely N-dealkylation sites (tertiary alicyclic amines) is 1. The van der Waals surface area contributed by atoms with Crippen LogP contribution in [0.15, 0.2) is 43.0 Å². The average Bonchev–Trinajstić information content (AvgIpc) is 3.46. The van der Waals surface area contributed by atoms with E-state index < -0.39 is 24.2 Å². The Morgan fingerprint density at radius 1 is 1.09 bits per heavy atom. The fourth-order valence-electron chi connectivity index (χ4n) is 4.78. The van der Waals surface area contributed by atoms with Gasteiger partial charge < -0.3 is 30.1 Å². The molecule has 2 aromatic heterocycles. The van der Waals surface area contributed by atoms with E-state index >= 15 is 0 Å². The molecule has 10 nitrogen and oxygen atoms in total. The molecule has 2 aliphatic rings. The number of anilines is 1. The summed E-state index contributed by atoms with van der Waals surface area (Å²) in [5, 5.41) is 33.4. The number of imidazole rings is 1. The predicted octanol–water partition coefficient (Wildman–Crippen LogP) is 0.736. The Balaban J connectivity index is 0.00000259. The molecule has 1 aromatic carbocycles. The van der Waals surface area contributed by atoms with Gasteiger partial charge >= 0.3 is 0 Å². The normalized spacial score (nSPS) is 27.2. The number of halogens is 1. The molecule has 2 fully saturated rings. The van der Waals surface area contributed by atoms with Crippen molar-refractivity contribution in [3.05, 3.63) is 48.5 Å². The fourth-order valence-corrected chi connectivity index (χ4v) is 4.78. The lowest BCUT2D eigenvalue weighted by Crippen LogP contribution is -2.30. The highest BCUT2D eigenvalue weighted by molar-refractivity contribution is 5.85. The van der Waals surface area contributed by atoms with Crippen LogP contribution in [0, 0.1) is 5.92 Å². The molecule has 0 radical (unpaired) electrons. The molecule has 1 aliphatic carbocycles. The number of aromatic nitrogens is 4. The zero-order valence-corrected chi connectivity index (χ0v) is 18.7. The molecule has 11 heteroatoms. The molecule has 33 heavy (non-hydrogen) atoms. The van der Waals surface area contributed by atoms with E-state index in [1.807, 2.05) is 35.2 Å². The number of hydrogen-bond donors (Lipinski definition) is 4. The highest BCUT2D eigenvalue weighted by Gasteiger charge is 2.42. The van der Waals surface area contributed by atoms with Gasteiger partial charge in [-0.1, -0.05) is 30.3 Å². The summed E-state index contributed by atoms with van der Waals surface area (Å²) in [5.41, 5.74) is 2.15. The predicted molar refractivity (Wildman–Crippen MR) is 123 cm³/mol. The van der Waals surface area contributed by atoms with Crippen molar-refractivity contribution < 1.29 is 20.1 Å². The molecule has 1 aliphatic heterocycles. The number of rotatable bonds is 6. The summed E-state index contributed by atoms with van der Waals surface area (Å²) in [6.45, 7) is 0.934. The summed E-state index contributed by atoms with van der Waals surface area (Å²) in [6, 6.07) is 9.34. The number of carbonyl (C=O) groups is 1. The average molecular weight is 475 g/mol. The number of amides is 1. The first-order valence-corrected chi connectivity index (χ1v) is 10.8. The molecule has 4 N–H and O–H groups in total. The molecule has 5 atom stereocenters. The lowest BCUT2D eigenvalue weighted by molar-refractivity contribution is -0.128. The molecule has 3 aromatic rings. The Morgan fingerprint density at radius 2 is 1.88 bits per heavy atom. The maximum absolute atomic E-state index is 12.5. The second-order valence-electron chi connectivity index (χ2n) is 8.58. The van der Waals surface area contributed by atoms with Gasteiger partial charge in [-0.2, -0.15) is 0 Å². The molecule has 1 saturated carbocycles. The SMILES string of the molecule is Cl.O=C1C[C@@H](Nc2ncnc3c2ncn3C2CC(CO)C(O)C2O)CN1Cc1ccccc1. The monoisotopic (exact) mass is 474 g/mol. The van der Waals surface area contributed by atoms with E-state index in [1.165, 1.54) is 6.33 Å². The van der Waals surface area contributed by atoms with Gasteiger partial charge in [0.1, 0.15) is 17.9 Å². The van der Waals surface area contributed by atoms with Crippen LogP contribution in [0.4, 0.5) is 5.82 Å². The molecular formula is C22H27ClN6O4. The van der Waals surface area contributed by atoms with Gasteiger partial charge in [0.15, 0.2) is 11.5 Å². The highest BCUT2D eigenvalue weighted by Crippen LogP contribution is 2.37. The van der Waals surface area contributed by atoms with E-state index in [1.54, 1.807) is 10.9 Å². The first kappa shape index (κ1) is 23.4. The summed E-state index contributed by atoms with van der Waals surface area (Å²) in [4.78, 5) is 27.4. The topological polar surface area (TPSA) is 137 Å². The van der Waals surface area contributed by atoms with Crippen LogP contribution in [0.1, 0.15) is 24.4 Å². The van der Waals surface area contributed by atoms with Crippen LogP contribution in [0.5, 0.6) is 0 Å². The van der Waals surface area contributed by atoms with Crippen molar-refractivity contribution in [1.82, 2.24) is 24.4 Å². The molecule has 176 valence electrons. The molecule has 5 rings (SSSR count). The van der Waals surface area contributed by atoms with E-state index in [0.29, 0.717) is 42.9 Å². The number of carbonyl (C=O) groups excluding carboxylic acids is 1. The number of aliphatic hydroxyl groups excluding tert-OH is 3. The van der Waals surface area contributed by atoms with Crippen molar-refractivity contribution in [3.63, 3.8) is 0 Å². The van der Waals surface area contributed by atoms with Crippen LogP contribution in [0.3, 0.4) is 0 Å². The van der Waals surface area contributed by atoms with Gasteiger partial charge in [0.2, 0.25) is 5.91 Å². The summed E-state index contributed by atoms with van der Waals surface area (Å²) >= 11 is 0. The molecule has 1 amide bonds. The third kappa shape index (κ3) is 4.39. The number of fused-ring (bicyclic) bond motifs is 1. The third-order valence-corrected chi connectivity index (χ3v) is 6.49. The second-order valence-corrected chi connectivity index (χ2v) is 8.58. The number of aliphatic hydroxyl groups is 3. The van der Waals surface area contributed by atoms with Gasteiger partial charge in [0.25, 0.3) is 0 Å². The summed E-state index contributed by atoms with van der Waals surface area (Å²) < 4.78 is 1.73. The zero-order chi connectivity index (χ0) is 22.2. The number of nitrogens with one attached hydrogen (secondary N) is 1. The van der Waals surface area contributed by atoms with E-state index in [9.17, 15) is 20.1 Å². The largest absolute Gasteiger partial charge is 0.396 e. The van der Waals surface area contributed by atoms with Crippen LogP contribution in [-0.4, -0.2) is 77.0 Å². The summed E-state index contributed by atoms with van der Waals surface area (Å²) in [5.74, 6) is 0.215. The molecule has 0 bridgehead atoms. The van der Waals surface area contributed by atoms with Crippen molar-refractivity contribution in [2.45, 2.75) is 43.7 Å². The Bertz CT molecular complexity index is 1110. The molecule has 4 unspecified atom stereocenters. The Hall–Kier alpha value is -2.79. The van der Waals surface area contributed by atoms with Crippen LogP contribution in [0.2, 0.25) is 0 Å². The second kappa shape index (κ2) is 9.60. The quantitative estimate of drug-likeness (QED) is 0.410. The van der Waals surface area contributed by atoms with Gasteiger partial charge in [0.05, 0.1) is 24.5 Å². The molecular weight excluding hydrogens is 448 g/mol. The van der Waals surface area contributed by atoms with Gasteiger partial charge in [-0.3, -0.25) is 4.79 Å². The molecule has 0 spiro atoms. The fraction of sp³-hybridized carbons (Fsp3) is 0.455. The number of benzene rings is 1. The van der Waals surface area contributed by atoms with Gasteiger partial charge in [-0.15, -0.1) is 12.4 Å². The van der Waals surface area contributed by atoms with Crippen LogP contribution >= 0.6 is 12.4 Å². The minimum Gasteiger partial charge on any atom is -0.396 e. The molecule has 1 saturated heterocycles. The zero-order valence-electron chi connectivity index (χ0n) is 17.9. The van der Waals surface area contributed by atoms with E-state index in [2.05, 4.69) is 20.3 Å². The van der Waals surface area contributed by atoms with Crippen molar-refractivity contribution in [3.8, 4) is 0 Å². The minimum atomic E-state index is -1.02. The summed E-state index contributed by atoms with van der Waals surface area (Å²) in [7, 11) is 0. The number of hydrogen-bond acceptors (Lipinski definition) is 8.